The van der Waals surface area contributed by atoms with E-state index in [2.05, 4.69) is 43.2 Å². The number of hydrogen-bond acceptors (Lipinski definition) is 5. The quantitative estimate of drug-likeness (QED) is 0.731. The number of rotatable bonds is 4. The lowest BCUT2D eigenvalue weighted by Crippen LogP contribution is -2.48. The largest absolute Gasteiger partial charge is 0.291 e. The Morgan fingerprint density at radius 3 is 2.61 bits per heavy atom. The van der Waals surface area contributed by atoms with Crippen molar-refractivity contribution in [1.82, 2.24) is 34.9 Å². The predicted molar refractivity (Wildman–Crippen MR) is 85.2 cm³/mol. The lowest BCUT2D eigenvalue weighted by atomic mass is 10.1. The number of para-hydroxylation sites is 1. The maximum absolute atomic E-state index is 4.57. The number of aromatic nitrogens is 6. The molecule has 3 heterocycles. The van der Waals surface area contributed by atoms with E-state index in [-0.39, 0.29) is 0 Å². The van der Waals surface area contributed by atoms with Crippen LogP contribution < -0.4 is 0 Å². The first-order valence-corrected chi connectivity index (χ1v) is 7.78. The Morgan fingerprint density at radius 2 is 1.91 bits per heavy atom. The van der Waals surface area contributed by atoms with Gasteiger partial charge in [-0.3, -0.25) is 9.58 Å². The normalized spacial score (nSPS) is 15.7. The molecular weight excluding hydrogens is 290 g/mol. The van der Waals surface area contributed by atoms with Gasteiger partial charge in [-0.1, -0.05) is 18.2 Å². The molecule has 7 nitrogen and oxygen atoms in total. The van der Waals surface area contributed by atoms with Crippen LogP contribution in [0.2, 0.25) is 0 Å². The minimum Gasteiger partial charge on any atom is -0.291 e. The number of hydrogen-bond donors (Lipinski definition) is 0. The van der Waals surface area contributed by atoms with E-state index < -0.39 is 0 Å². The lowest BCUT2D eigenvalue weighted by molar-refractivity contribution is 0.0858. The molecule has 23 heavy (non-hydrogen) atoms. The summed E-state index contributed by atoms with van der Waals surface area (Å²) in [6, 6.07) is 12.6. The van der Waals surface area contributed by atoms with Crippen LogP contribution in [-0.4, -0.2) is 48.0 Å². The molecule has 0 aliphatic carbocycles. The third-order valence-electron chi connectivity index (χ3n) is 4.23. The molecule has 7 heteroatoms. The number of likely N-dealkylation sites (tertiary alicyclic amines) is 1. The van der Waals surface area contributed by atoms with Crippen molar-refractivity contribution in [3.63, 3.8) is 0 Å². The standard InChI is InChI=1S/C16H19N7/c1-12-8-13(2)22(18-12)15-9-21(10-15)11-16-17-19-20-23(16)14-6-4-3-5-7-14/h3-8,15H,9-11H2,1-2H3. The van der Waals surface area contributed by atoms with Gasteiger partial charge < -0.3 is 0 Å². The van der Waals surface area contributed by atoms with Gasteiger partial charge in [0, 0.05) is 18.8 Å². The zero-order valence-electron chi connectivity index (χ0n) is 13.3. The number of nitrogens with zero attached hydrogens (tertiary/aromatic N) is 7. The molecule has 0 amide bonds. The first kappa shape index (κ1) is 14.1. The van der Waals surface area contributed by atoms with Crippen LogP contribution in [0.1, 0.15) is 23.3 Å². The molecule has 0 bridgehead atoms. The fraction of sp³-hybridized carbons (Fsp3) is 0.375. The van der Waals surface area contributed by atoms with Crippen LogP contribution in [0.25, 0.3) is 5.69 Å². The summed E-state index contributed by atoms with van der Waals surface area (Å²) in [6.45, 7) is 6.84. The molecule has 1 aliphatic rings. The van der Waals surface area contributed by atoms with E-state index >= 15 is 0 Å². The van der Waals surface area contributed by atoms with Gasteiger partial charge >= 0.3 is 0 Å². The molecule has 118 valence electrons. The highest BCUT2D eigenvalue weighted by Gasteiger charge is 2.30. The van der Waals surface area contributed by atoms with Crippen molar-refractivity contribution in [1.29, 1.82) is 0 Å². The van der Waals surface area contributed by atoms with Crippen LogP contribution in [-0.2, 0) is 6.54 Å². The van der Waals surface area contributed by atoms with E-state index in [4.69, 9.17) is 0 Å². The fourth-order valence-electron chi connectivity index (χ4n) is 3.12. The van der Waals surface area contributed by atoms with Crippen LogP contribution >= 0.6 is 0 Å². The Bertz CT molecular complexity index is 799. The maximum Gasteiger partial charge on any atom is 0.170 e. The summed E-state index contributed by atoms with van der Waals surface area (Å²) in [5.41, 5.74) is 3.29. The van der Waals surface area contributed by atoms with E-state index in [1.165, 1.54) is 5.69 Å². The van der Waals surface area contributed by atoms with E-state index in [0.29, 0.717) is 6.04 Å². The minimum absolute atomic E-state index is 0.449. The lowest BCUT2D eigenvalue weighted by Gasteiger charge is -2.39. The molecule has 4 rings (SSSR count). The molecule has 3 aromatic rings. The Balaban J connectivity index is 1.44. The SMILES string of the molecule is Cc1cc(C)n(C2CN(Cc3nnnn3-c3ccccc3)C2)n1. The minimum atomic E-state index is 0.449. The second-order valence-electron chi connectivity index (χ2n) is 6.06. The van der Waals surface area contributed by atoms with Crippen molar-refractivity contribution in [3.05, 3.63) is 53.6 Å². The zero-order chi connectivity index (χ0) is 15.8. The highest BCUT2D eigenvalue weighted by molar-refractivity contribution is 5.30. The smallest absolute Gasteiger partial charge is 0.170 e. The van der Waals surface area contributed by atoms with Gasteiger partial charge in [0.2, 0.25) is 0 Å². The van der Waals surface area contributed by atoms with Gasteiger partial charge in [0.1, 0.15) is 0 Å². The first-order chi connectivity index (χ1) is 11.2. The van der Waals surface area contributed by atoms with Gasteiger partial charge in [-0.15, -0.1) is 5.10 Å². The molecule has 1 aliphatic heterocycles. The monoisotopic (exact) mass is 309 g/mol. The van der Waals surface area contributed by atoms with Crippen LogP contribution in [0.15, 0.2) is 36.4 Å². The van der Waals surface area contributed by atoms with Gasteiger partial charge in [0.05, 0.1) is 24.0 Å². The third-order valence-corrected chi connectivity index (χ3v) is 4.23. The molecule has 1 fully saturated rings. The van der Waals surface area contributed by atoms with Gasteiger partial charge in [0.15, 0.2) is 5.82 Å². The van der Waals surface area contributed by atoms with Crippen molar-refractivity contribution in [2.24, 2.45) is 0 Å². The van der Waals surface area contributed by atoms with E-state index in [0.717, 1.165) is 36.8 Å². The van der Waals surface area contributed by atoms with Crippen LogP contribution in [0.4, 0.5) is 0 Å². The zero-order valence-corrected chi connectivity index (χ0v) is 13.3. The molecule has 1 aromatic carbocycles. The third kappa shape index (κ3) is 2.63. The second-order valence-corrected chi connectivity index (χ2v) is 6.06. The molecule has 0 unspecified atom stereocenters. The summed E-state index contributed by atoms with van der Waals surface area (Å²) >= 11 is 0. The Morgan fingerprint density at radius 1 is 1.13 bits per heavy atom. The number of benzene rings is 1. The molecule has 0 radical (unpaired) electrons. The second kappa shape index (κ2) is 5.58. The van der Waals surface area contributed by atoms with Crippen LogP contribution in [0.5, 0.6) is 0 Å². The molecule has 0 spiro atoms. The Hall–Kier alpha value is -2.54. The summed E-state index contributed by atoms with van der Waals surface area (Å²) in [6.07, 6.45) is 0. The van der Waals surface area contributed by atoms with Crippen molar-refractivity contribution >= 4 is 0 Å². The van der Waals surface area contributed by atoms with Gasteiger partial charge in [-0.05, 0) is 42.5 Å². The average molecular weight is 309 g/mol. The van der Waals surface area contributed by atoms with Crippen LogP contribution in [0, 0.1) is 13.8 Å². The van der Waals surface area contributed by atoms with E-state index in [1.54, 1.807) is 4.68 Å². The maximum atomic E-state index is 4.57. The topological polar surface area (TPSA) is 64.7 Å². The van der Waals surface area contributed by atoms with Gasteiger partial charge in [-0.2, -0.15) is 9.78 Å². The molecule has 0 atom stereocenters. The summed E-state index contributed by atoms with van der Waals surface area (Å²) < 4.78 is 3.93. The highest BCUT2D eigenvalue weighted by atomic mass is 15.6. The summed E-state index contributed by atoms with van der Waals surface area (Å²) in [4.78, 5) is 2.34. The molecular formula is C16H19N7. The summed E-state index contributed by atoms with van der Waals surface area (Å²) in [5.74, 6) is 0.864. The molecule has 0 N–H and O–H groups in total. The molecule has 1 saturated heterocycles. The number of aryl methyl sites for hydroxylation is 2. The Kier molecular flexibility index (Phi) is 3.42. The number of tetrazole rings is 1. The summed E-state index contributed by atoms with van der Waals surface area (Å²) in [5, 5.41) is 16.7. The van der Waals surface area contributed by atoms with Gasteiger partial charge in [0.25, 0.3) is 0 Å². The van der Waals surface area contributed by atoms with E-state index in [1.807, 2.05) is 37.3 Å². The van der Waals surface area contributed by atoms with Crippen LogP contribution in [0.3, 0.4) is 0 Å². The van der Waals surface area contributed by atoms with Crippen molar-refractivity contribution in [2.75, 3.05) is 13.1 Å². The van der Waals surface area contributed by atoms with Crippen molar-refractivity contribution in [2.45, 2.75) is 26.4 Å². The van der Waals surface area contributed by atoms with Gasteiger partial charge in [-0.25, -0.2) is 0 Å². The molecule has 0 saturated carbocycles. The average Bonchev–Trinajstić information content (AvgIpc) is 3.09. The predicted octanol–water partition coefficient (Wildman–Crippen LogP) is 1.53. The van der Waals surface area contributed by atoms with Crippen molar-refractivity contribution < 1.29 is 0 Å². The fourth-order valence-corrected chi connectivity index (χ4v) is 3.12. The Labute approximate surface area is 134 Å². The van der Waals surface area contributed by atoms with E-state index in [9.17, 15) is 0 Å². The van der Waals surface area contributed by atoms with Crippen molar-refractivity contribution in [3.8, 4) is 5.69 Å². The highest BCUT2D eigenvalue weighted by Crippen LogP contribution is 2.24. The molecule has 2 aromatic heterocycles. The summed E-state index contributed by atoms with van der Waals surface area (Å²) in [7, 11) is 0. The first-order valence-electron chi connectivity index (χ1n) is 7.78.